The van der Waals surface area contributed by atoms with Crippen molar-refractivity contribution in [3.05, 3.63) is 88.3 Å². The number of nitriles is 1. The lowest BCUT2D eigenvalue weighted by Gasteiger charge is -2.27. The summed E-state index contributed by atoms with van der Waals surface area (Å²) in [4.78, 5) is 12.5. The lowest BCUT2D eigenvalue weighted by Crippen LogP contribution is -2.22. The Morgan fingerprint density at radius 2 is 1.75 bits per heavy atom. The van der Waals surface area contributed by atoms with Crippen molar-refractivity contribution >= 4 is 5.97 Å². The van der Waals surface area contributed by atoms with E-state index in [9.17, 15) is 10.1 Å². The van der Waals surface area contributed by atoms with Crippen molar-refractivity contribution in [2.75, 3.05) is 20.8 Å². The molecule has 1 unspecified atom stereocenters. The van der Waals surface area contributed by atoms with E-state index < -0.39 is 11.9 Å². The van der Waals surface area contributed by atoms with Crippen molar-refractivity contribution in [1.29, 1.82) is 5.26 Å². The van der Waals surface area contributed by atoms with Gasteiger partial charge in [-0.15, -0.1) is 0 Å². The lowest BCUT2D eigenvalue weighted by atomic mass is 9.83. The van der Waals surface area contributed by atoms with Crippen LogP contribution in [-0.4, -0.2) is 26.8 Å². The van der Waals surface area contributed by atoms with E-state index in [-0.39, 0.29) is 23.8 Å². The number of carbonyl (C=O) groups excluding carboxylic acids is 1. The topological polar surface area (TPSA) is 113 Å². The molecular weight excluding hydrogens is 460 g/mol. The van der Waals surface area contributed by atoms with Crippen LogP contribution in [0, 0.1) is 25.2 Å². The molecule has 3 aromatic rings. The largest absolute Gasteiger partial charge is 0.493 e. The highest BCUT2D eigenvalue weighted by Gasteiger charge is 2.31. The highest BCUT2D eigenvalue weighted by Crippen LogP contribution is 2.45. The zero-order valence-corrected chi connectivity index (χ0v) is 20.5. The van der Waals surface area contributed by atoms with Gasteiger partial charge in [0.05, 0.1) is 20.1 Å². The second-order valence-corrected chi connectivity index (χ2v) is 8.22. The molecule has 0 amide bonds. The number of allylic oxidation sites excluding steroid dienone is 1. The Balaban J connectivity index is 1.59. The van der Waals surface area contributed by atoms with Gasteiger partial charge < -0.3 is 29.4 Å². The summed E-state index contributed by atoms with van der Waals surface area (Å²) in [6, 6.07) is 18.3. The molecule has 0 aromatic heterocycles. The number of esters is 1. The number of hydrogen-bond acceptors (Lipinski definition) is 8. The van der Waals surface area contributed by atoms with Gasteiger partial charge in [-0.05, 0) is 48.7 Å². The molecule has 0 aliphatic carbocycles. The summed E-state index contributed by atoms with van der Waals surface area (Å²) in [6.45, 7) is 3.58. The SMILES string of the molecule is COc1ccc(C2C(C#N)=C(N)Oc3cc(OC(=O)COc4c(C)cccc4C)ccc32)cc1OC. The molecule has 3 aromatic carbocycles. The number of para-hydroxylation sites is 1. The Morgan fingerprint density at radius 1 is 1.03 bits per heavy atom. The maximum Gasteiger partial charge on any atom is 0.349 e. The first-order valence-electron chi connectivity index (χ1n) is 11.2. The number of nitrogens with two attached hydrogens (primary N) is 1. The fourth-order valence-electron chi connectivity index (χ4n) is 4.19. The summed E-state index contributed by atoms with van der Waals surface area (Å²) in [6.07, 6.45) is 0. The highest BCUT2D eigenvalue weighted by molar-refractivity contribution is 5.74. The van der Waals surface area contributed by atoms with Gasteiger partial charge in [0.25, 0.3) is 0 Å². The van der Waals surface area contributed by atoms with E-state index in [0.29, 0.717) is 28.6 Å². The number of hydrogen-bond donors (Lipinski definition) is 1. The summed E-state index contributed by atoms with van der Waals surface area (Å²) < 4.78 is 27.6. The van der Waals surface area contributed by atoms with Gasteiger partial charge in [0.15, 0.2) is 18.1 Å². The van der Waals surface area contributed by atoms with Crippen LogP contribution in [0.5, 0.6) is 28.7 Å². The predicted octanol–water partition coefficient (Wildman–Crippen LogP) is 4.52. The van der Waals surface area contributed by atoms with E-state index in [0.717, 1.165) is 16.7 Å². The van der Waals surface area contributed by atoms with E-state index in [2.05, 4.69) is 6.07 Å². The molecule has 0 fully saturated rings. The van der Waals surface area contributed by atoms with Crippen LogP contribution < -0.4 is 29.4 Å². The van der Waals surface area contributed by atoms with E-state index in [1.54, 1.807) is 44.6 Å². The van der Waals surface area contributed by atoms with Gasteiger partial charge in [-0.25, -0.2) is 4.79 Å². The average Bonchev–Trinajstić information content (AvgIpc) is 2.87. The normalized spacial score (nSPS) is 14.2. The molecule has 0 bridgehead atoms. The number of carbonyl (C=O) groups is 1. The van der Waals surface area contributed by atoms with Crippen LogP contribution in [0.2, 0.25) is 0 Å². The van der Waals surface area contributed by atoms with Crippen LogP contribution >= 0.6 is 0 Å². The van der Waals surface area contributed by atoms with E-state index in [4.69, 9.17) is 29.4 Å². The number of aryl methyl sites for hydroxylation is 2. The van der Waals surface area contributed by atoms with Crippen molar-refractivity contribution in [3.63, 3.8) is 0 Å². The van der Waals surface area contributed by atoms with Gasteiger partial charge in [0.1, 0.15) is 28.9 Å². The minimum atomic E-state index is -0.564. The molecule has 8 nitrogen and oxygen atoms in total. The van der Waals surface area contributed by atoms with Gasteiger partial charge in [-0.1, -0.05) is 30.3 Å². The lowest BCUT2D eigenvalue weighted by molar-refractivity contribution is -0.136. The second kappa shape index (κ2) is 10.3. The zero-order chi connectivity index (χ0) is 25.8. The molecule has 1 aliphatic heterocycles. The molecule has 0 radical (unpaired) electrons. The number of methoxy groups -OCH3 is 2. The van der Waals surface area contributed by atoms with Crippen LogP contribution in [0.1, 0.15) is 28.2 Å². The van der Waals surface area contributed by atoms with Crippen molar-refractivity contribution in [3.8, 4) is 34.8 Å². The van der Waals surface area contributed by atoms with Gasteiger partial charge in [-0.3, -0.25) is 0 Å². The minimum Gasteiger partial charge on any atom is -0.493 e. The Kier molecular flexibility index (Phi) is 7.02. The first-order chi connectivity index (χ1) is 17.4. The predicted molar refractivity (Wildman–Crippen MR) is 132 cm³/mol. The van der Waals surface area contributed by atoms with Crippen LogP contribution in [0.3, 0.4) is 0 Å². The number of ether oxygens (including phenoxy) is 5. The third kappa shape index (κ3) is 4.77. The Hall–Kier alpha value is -4.64. The van der Waals surface area contributed by atoms with Gasteiger partial charge in [0, 0.05) is 11.6 Å². The monoisotopic (exact) mass is 486 g/mol. The van der Waals surface area contributed by atoms with Gasteiger partial charge >= 0.3 is 5.97 Å². The molecule has 4 rings (SSSR count). The molecule has 0 spiro atoms. The van der Waals surface area contributed by atoms with Crippen LogP contribution in [0.15, 0.2) is 66.1 Å². The third-order valence-electron chi connectivity index (χ3n) is 5.91. The van der Waals surface area contributed by atoms with Crippen LogP contribution in [0.25, 0.3) is 0 Å². The third-order valence-corrected chi connectivity index (χ3v) is 5.91. The Morgan fingerprint density at radius 3 is 2.42 bits per heavy atom. The number of rotatable bonds is 7. The Bertz CT molecular complexity index is 1370. The molecule has 2 N–H and O–H groups in total. The maximum atomic E-state index is 12.5. The van der Waals surface area contributed by atoms with E-state index in [1.165, 1.54) is 0 Å². The van der Waals surface area contributed by atoms with Crippen molar-refractivity contribution in [1.82, 2.24) is 0 Å². The van der Waals surface area contributed by atoms with Crippen molar-refractivity contribution < 1.29 is 28.5 Å². The summed E-state index contributed by atoms with van der Waals surface area (Å²) in [7, 11) is 3.09. The van der Waals surface area contributed by atoms with Crippen LogP contribution in [-0.2, 0) is 4.79 Å². The van der Waals surface area contributed by atoms with Gasteiger partial charge in [-0.2, -0.15) is 5.26 Å². The standard InChI is InChI=1S/C28H26N2O6/c1-16-6-5-7-17(2)27(16)34-15-25(31)35-19-9-10-20-23(13-19)36-28(30)21(14-29)26(20)18-8-11-22(32-3)24(12-18)33-4/h5-13,26H,15,30H2,1-4H3. The molecule has 0 saturated heterocycles. The number of benzene rings is 3. The number of fused-ring (bicyclic) bond motifs is 1. The molecule has 1 heterocycles. The maximum absolute atomic E-state index is 12.5. The average molecular weight is 487 g/mol. The highest BCUT2D eigenvalue weighted by atomic mass is 16.6. The summed E-state index contributed by atoms with van der Waals surface area (Å²) in [5, 5.41) is 9.80. The fraction of sp³-hybridized carbons (Fsp3) is 0.214. The molecule has 0 saturated carbocycles. The molecular formula is C28H26N2O6. The molecule has 1 aliphatic rings. The van der Waals surface area contributed by atoms with Crippen molar-refractivity contribution in [2.24, 2.45) is 5.73 Å². The second-order valence-electron chi connectivity index (χ2n) is 8.22. The van der Waals surface area contributed by atoms with E-state index >= 15 is 0 Å². The quantitative estimate of drug-likeness (QED) is 0.383. The van der Waals surface area contributed by atoms with Gasteiger partial charge in [0.2, 0.25) is 5.88 Å². The molecule has 8 heteroatoms. The van der Waals surface area contributed by atoms with Crippen LogP contribution in [0.4, 0.5) is 0 Å². The summed E-state index contributed by atoms with van der Waals surface area (Å²) in [5.41, 5.74) is 9.69. The smallest absolute Gasteiger partial charge is 0.349 e. The molecule has 36 heavy (non-hydrogen) atoms. The van der Waals surface area contributed by atoms with E-state index in [1.807, 2.05) is 38.1 Å². The zero-order valence-electron chi connectivity index (χ0n) is 20.5. The summed E-state index contributed by atoms with van der Waals surface area (Å²) >= 11 is 0. The van der Waals surface area contributed by atoms with Crippen molar-refractivity contribution in [2.45, 2.75) is 19.8 Å². The minimum absolute atomic E-state index is 0.0216. The summed E-state index contributed by atoms with van der Waals surface area (Å²) in [5.74, 6) is 1.30. The Labute approximate surface area is 209 Å². The molecule has 184 valence electrons. The first-order valence-corrected chi connectivity index (χ1v) is 11.2. The fourth-order valence-corrected chi connectivity index (χ4v) is 4.19. The first kappa shape index (κ1) is 24.5. The molecule has 1 atom stereocenters. The number of nitrogens with zero attached hydrogens (tertiary/aromatic N) is 1.